The smallest absolute Gasteiger partial charge is 0.411 e. The third-order valence-corrected chi connectivity index (χ3v) is 5.21. The van der Waals surface area contributed by atoms with E-state index in [1.54, 1.807) is 26.8 Å². The minimum absolute atomic E-state index is 0.0582. The summed E-state index contributed by atoms with van der Waals surface area (Å²) >= 11 is 0. The SMILES string of the molecule is C=Cc1ccc(COC(=O)[C@@H]2C[C@@H](O)CN2C(=O)OC(C)(C)C)cc1.C=Cc1ccccc1C=C. The predicted octanol–water partition coefficient (Wildman–Crippen LogP) is 5.72. The van der Waals surface area contributed by atoms with E-state index in [9.17, 15) is 14.7 Å². The van der Waals surface area contributed by atoms with Crippen molar-refractivity contribution in [2.24, 2.45) is 0 Å². The first-order chi connectivity index (χ1) is 16.6. The van der Waals surface area contributed by atoms with E-state index in [2.05, 4.69) is 19.7 Å². The Hall–Kier alpha value is -3.64. The number of amides is 1. The molecule has 3 rings (SSSR count). The summed E-state index contributed by atoms with van der Waals surface area (Å²) in [5.41, 5.74) is 3.41. The lowest BCUT2D eigenvalue weighted by atomic mass is 10.1. The third kappa shape index (κ3) is 8.58. The van der Waals surface area contributed by atoms with Gasteiger partial charge in [-0.2, -0.15) is 0 Å². The molecule has 6 nitrogen and oxygen atoms in total. The molecule has 1 saturated heterocycles. The number of likely N-dealkylation sites (tertiary alicyclic amines) is 1. The van der Waals surface area contributed by atoms with Gasteiger partial charge in [0, 0.05) is 6.42 Å². The van der Waals surface area contributed by atoms with Gasteiger partial charge in [0.05, 0.1) is 12.6 Å². The van der Waals surface area contributed by atoms with E-state index in [0.29, 0.717) is 0 Å². The van der Waals surface area contributed by atoms with Crippen LogP contribution >= 0.6 is 0 Å². The molecular formula is C29H35NO5. The summed E-state index contributed by atoms with van der Waals surface area (Å²) in [7, 11) is 0. The van der Waals surface area contributed by atoms with Gasteiger partial charge < -0.3 is 14.6 Å². The number of ether oxygens (including phenoxy) is 2. The van der Waals surface area contributed by atoms with Crippen LogP contribution in [0.5, 0.6) is 0 Å². The van der Waals surface area contributed by atoms with Crippen molar-refractivity contribution in [2.75, 3.05) is 6.54 Å². The van der Waals surface area contributed by atoms with E-state index in [-0.39, 0.29) is 19.6 Å². The molecule has 0 bridgehead atoms. The van der Waals surface area contributed by atoms with Gasteiger partial charge in [-0.05, 0) is 43.0 Å². The van der Waals surface area contributed by atoms with E-state index in [0.717, 1.165) is 22.3 Å². The maximum absolute atomic E-state index is 12.4. The number of β-amino-alcohol motifs (C(OH)–C–C–N with tert-alkyl or cyclic N) is 1. The molecule has 2 atom stereocenters. The number of aliphatic hydroxyl groups excluding tert-OH is 1. The summed E-state index contributed by atoms with van der Waals surface area (Å²) in [6.45, 7) is 16.5. The second-order valence-electron chi connectivity index (χ2n) is 9.13. The Balaban J connectivity index is 0.000000360. The summed E-state index contributed by atoms with van der Waals surface area (Å²) in [5.74, 6) is -0.546. The van der Waals surface area contributed by atoms with Crippen LogP contribution in [-0.2, 0) is 20.9 Å². The molecule has 1 amide bonds. The van der Waals surface area contributed by atoms with Crippen molar-refractivity contribution >= 4 is 30.3 Å². The molecule has 2 aromatic rings. The average Bonchev–Trinajstić information content (AvgIpc) is 3.24. The molecule has 0 saturated carbocycles. The number of benzene rings is 2. The van der Waals surface area contributed by atoms with Crippen LogP contribution < -0.4 is 0 Å². The Morgan fingerprint density at radius 1 is 1.00 bits per heavy atom. The number of carbonyl (C=O) groups excluding carboxylic acids is 2. The average molecular weight is 478 g/mol. The topological polar surface area (TPSA) is 76.1 Å². The zero-order valence-corrected chi connectivity index (χ0v) is 20.8. The Labute approximate surface area is 208 Å². The molecular weight excluding hydrogens is 442 g/mol. The number of esters is 1. The summed E-state index contributed by atoms with van der Waals surface area (Å²) in [5, 5.41) is 9.84. The molecule has 186 valence electrons. The van der Waals surface area contributed by atoms with Crippen LogP contribution in [0.3, 0.4) is 0 Å². The van der Waals surface area contributed by atoms with Crippen molar-refractivity contribution in [3.05, 3.63) is 90.5 Å². The van der Waals surface area contributed by atoms with Crippen molar-refractivity contribution in [1.29, 1.82) is 0 Å². The van der Waals surface area contributed by atoms with Crippen LogP contribution in [0.25, 0.3) is 18.2 Å². The van der Waals surface area contributed by atoms with Crippen LogP contribution in [0.4, 0.5) is 4.79 Å². The normalized spacial score (nSPS) is 17.0. The third-order valence-electron chi connectivity index (χ3n) is 5.21. The minimum atomic E-state index is -0.836. The van der Waals surface area contributed by atoms with Crippen molar-refractivity contribution in [2.45, 2.75) is 51.5 Å². The molecule has 1 aliphatic rings. The van der Waals surface area contributed by atoms with Gasteiger partial charge in [-0.3, -0.25) is 4.90 Å². The number of hydrogen-bond donors (Lipinski definition) is 1. The van der Waals surface area contributed by atoms with Gasteiger partial charge >= 0.3 is 12.1 Å². The van der Waals surface area contributed by atoms with Crippen LogP contribution in [0.1, 0.15) is 49.4 Å². The molecule has 0 unspecified atom stereocenters. The zero-order chi connectivity index (χ0) is 26.0. The lowest BCUT2D eigenvalue weighted by molar-refractivity contribution is -0.150. The van der Waals surface area contributed by atoms with E-state index in [1.807, 2.05) is 60.7 Å². The molecule has 1 heterocycles. The molecule has 1 N–H and O–H groups in total. The minimum Gasteiger partial charge on any atom is -0.459 e. The monoisotopic (exact) mass is 477 g/mol. The highest BCUT2D eigenvalue weighted by atomic mass is 16.6. The highest BCUT2D eigenvalue weighted by Crippen LogP contribution is 2.23. The van der Waals surface area contributed by atoms with E-state index >= 15 is 0 Å². The first-order valence-electron chi connectivity index (χ1n) is 11.5. The Kier molecular flexibility index (Phi) is 10.0. The predicted molar refractivity (Wildman–Crippen MR) is 140 cm³/mol. The lowest BCUT2D eigenvalue weighted by Gasteiger charge is -2.27. The van der Waals surface area contributed by atoms with Gasteiger partial charge in [0.2, 0.25) is 0 Å². The second-order valence-corrected chi connectivity index (χ2v) is 9.13. The fourth-order valence-electron chi connectivity index (χ4n) is 3.44. The highest BCUT2D eigenvalue weighted by Gasteiger charge is 2.41. The summed E-state index contributed by atoms with van der Waals surface area (Å²) in [6, 6.07) is 14.6. The fraction of sp³-hybridized carbons (Fsp3) is 0.310. The van der Waals surface area contributed by atoms with E-state index < -0.39 is 29.8 Å². The maximum Gasteiger partial charge on any atom is 0.411 e. The largest absolute Gasteiger partial charge is 0.459 e. The molecule has 1 fully saturated rings. The number of rotatable bonds is 6. The second kappa shape index (κ2) is 12.7. The molecule has 2 aromatic carbocycles. The number of carbonyl (C=O) groups is 2. The van der Waals surface area contributed by atoms with E-state index in [1.165, 1.54) is 4.90 Å². The number of hydrogen-bond acceptors (Lipinski definition) is 5. The van der Waals surface area contributed by atoms with Crippen molar-refractivity contribution in [3.63, 3.8) is 0 Å². The summed E-state index contributed by atoms with van der Waals surface area (Å²) < 4.78 is 10.6. The molecule has 0 aliphatic carbocycles. The van der Waals surface area contributed by atoms with Crippen LogP contribution in [0.2, 0.25) is 0 Å². The first-order valence-corrected chi connectivity index (χ1v) is 11.5. The summed E-state index contributed by atoms with van der Waals surface area (Å²) in [4.78, 5) is 25.8. The fourth-order valence-corrected chi connectivity index (χ4v) is 3.44. The van der Waals surface area contributed by atoms with Crippen molar-refractivity contribution in [3.8, 4) is 0 Å². The first kappa shape index (κ1) is 27.6. The standard InChI is InChI=1S/C19H25NO5.C10H10/c1-5-13-6-8-14(9-7-13)12-24-17(22)16-10-15(21)11-20(16)18(23)25-19(2,3)4;1-3-9-7-5-6-8-10(9)4-2/h5-9,15-16,21H,1,10-12H2,2-4H3;3-8H,1-2H2/t15-,16+;/m1./s1. The van der Waals surface area contributed by atoms with Gasteiger partial charge in [0.25, 0.3) is 0 Å². The molecule has 0 aromatic heterocycles. The zero-order valence-electron chi connectivity index (χ0n) is 20.8. The number of aliphatic hydroxyl groups is 1. The van der Waals surface area contributed by atoms with Gasteiger partial charge in [0.1, 0.15) is 18.2 Å². The van der Waals surface area contributed by atoms with Gasteiger partial charge in [-0.25, -0.2) is 9.59 Å². The van der Waals surface area contributed by atoms with Crippen LogP contribution in [0, 0.1) is 0 Å². The Bertz CT molecular complexity index is 1010. The number of nitrogens with zero attached hydrogens (tertiary/aromatic N) is 1. The Morgan fingerprint density at radius 3 is 2.06 bits per heavy atom. The quantitative estimate of drug-likeness (QED) is 0.539. The molecule has 0 radical (unpaired) electrons. The van der Waals surface area contributed by atoms with Crippen molar-refractivity contribution < 1.29 is 24.2 Å². The van der Waals surface area contributed by atoms with Gasteiger partial charge in [-0.15, -0.1) is 0 Å². The molecule has 0 spiro atoms. The van der Waals surface area contributed by atoms with Gasteiger partial charge in [-0.1, -0.05) is 86.5 Å². The van der Waals surface area contributed by atoms with Crippen LogP contribution in [-0.4, -0.2) is 46.4 Å². The van der Waals surface area contributed by atoms with Crippen molar-refractivity contribution in [1.82, 2.24) is 4.90 Å². The van der Waals surface area contributed by atoms with Crippen LogP contribution in [0.15, 0.2) is 68.3 Å². The summed E-state index contributed by atoms with van der Waals surface area (Å²) in [6.07, 6.45) is 4.15. The van der Waals surface area contributed by atoms with Gasteiger partial charge in [0.15, 0.2) is 0 Å². The van der Waals surface area contributed by atoms with E-state index in [4.69, 9.17) is 9.47 Å². The lowest BCUT2D eigenvalue weighted by Crippen LogP contribution is -2.44. The maximum atomic E-state index is 12.4. The Morgan fingerprint density at radius 2 is 1.57 bits per heavy atom. The molecule has 6 heteroatoms. The molecule has 1 aliphatic heterocycles. The highest BCUT2D eigenvalue weighted by molar-refractivity contribution is 5.82. The molecule has 35 heavy (non-hydrogen) atoms.